The third-order valence-electron chi connectivity index (χ3n) is 1.79. The third-order valence-corrected chi connectivity index (χ3v) is 1.79. The summed E-state index contributed by atoms with van der Waals surface area (Å²) in [6, 6.07) is 7.84. The Morgan fingerprint density at radius 2 is 2.08 bits per heavy atom. The van der Waals surface area contributed by atoms with E-state index in [9.17, 15) is 0 Å². The van der Waals surface area contributed by atoms with Crippen molar-refractivity contribution < 1.29 is 5.11 Å². The number of fused-ring (bicyclic) bond motifs is 1. The van der Waals surface area contributed by atoms with Gasteiger partial charge in [0.15, 0.2) is 0 Å². The first-order chi connectivity index (χ1) is 5.90. The number of aromatic nitrogens is 2. The fourth-order valence-corrected chi connectivity index (χ4v) is 1.23. The lowest BCUT2D eigenvalue weighted by Gasteiger charge is -1.86. The number of para-hydroxylation sites is 2. The van der Waals surface area contributed by atoms with Gasteiger partial charge in [-0.1, -0.05) is 12.1 Å². The Hall–Kier alpha value is -1.06. The Labute approximate surface area is 82.2 Å². The number of halogens is 1. The van der Waals surface area contributed by atoms with E-state index >= 15 is 0 Å². The molecule has 70 valence electrons. The van der Waals surface area contributed by atoms with Crippen molar-refractivity contribution >= 4 is 23.4 Å². The van der Waals surface area contributed by atoms with Crippen LogP contribution in [0, 0.1) is 0 Å². The van der Waals surface area contributed by atoms with Crippen LogP contribution in [0.25, 0.3) is 11.0 Å². The van der Waals surface area contributed by atoms with Gasteiger partial charge in [-0.05, 0) is 12.1 Å². The van der Waals surface area contributed by atoms with E-state index in [2.05, 4.69) is 9.97 Å². The van der Waals surface area contributed by atoms with Gasteiger partial charge in [-0.3, -0.25) is 0 Å². The van der Waals surface area contributed by atoms with E-state index in [1.54, 1.807) is 0 Å². The molecule has 0 aliphatic carbocycles. The highest BCUT2D eigenvalue weighted by Crippen LogP contribution is 2.09. The molecule has 4 heteroatoms. The monoisotopic (exact) mass is 198 g/mol. The number of hydrogen-bond acceptors (Lipinski definition) is 2. The highest BCUT2D eigenvalue weighted by atomic mass is 35.5. The van der Waals surface area contributed by atoms with Gasteiger partial charge in [-0.15, -0.1) is 12.4 Å². The number of benzene rings is 1. The van der Waals surface area contributed by atoms with Crippen molar-refractivity contribution in [3.63, 3.8) is 0 Å². The number of hydrogen-bond donors (Lipinski definition) is 2. The highest BCUT2D eigenvalue weighted by Gasteiger charge is 1.99. The molecule has 1 heterocycles. The number of nitrogens with zero attached hydrogens (tertiary/aromatic N) is 1. The van der Waals surface area contributed by atoms with E-state index in [0.29, 0.717) is 6.42 Å². The van der Waals surface area contributed by atoms with Gasteiger partial charge >= 0.3 is 0 Å². The van der Waals surface area contributed by atoms with Crippen LogP contribution in [0.3, 0.4) is 0 Å². The van der Waals surface area contributed by atoms with Crippen molar-refractivity contribution in [2.45, 2.75) is 6.42 Å². The summed E-state index contributed by atoms with van der Waals surface area (Å²) < 4.78 is 0. The van der Waals surface area contributed by atoms with Gasteiger partial charge in [-0.2, -0.15) is 0 Å². The van der Waals surface area contributed by atoms with Crippen molar-refractivity contribution in [2.24, 2.45) is 0 Å². The molecule has 0 fully saturated rings. The van der Waals surface area contributed by atoms with Crippen molar-refractivity contribution in [2.75, 3.05) is 6.61 Å². The Morgan fingerprint density at radius 3 is 2.77 bits per heavy atom. The average Bonchev–Trinajstić information content (AvgIpc) is 2.47. The SMILES string of the molecule is Cl.OCCc1nc2ccccc2[nH]1. The zero-order chi connectivity index (χ0) is 8.39. The first-order valence-electron chi connectivity index (χ1n) is 3.94. The number of aromatic amines is 1. The van der Waals surface area contributed by atoms with Crippen LogP contribution in [0.5, 0.6) is 0 Å². The average molecular weight is 199 g/mol. The number of aliphatic hydroxyl groups excluding tert-OH is 1. The predicted octanol–water partition coefficient (Wildman–Crippen LogP) is 1.52. The molecular formula is C9H11ClN2O. The quantitative estimate of drug-likeness (QED) is 0.769. The van der Waals surface area contributed by atoms with E-state index in [-0.39, 0.29) is 19.0 Å². The van der Waals surface area contributed by atoms with Crippen LogP contribution in [-0.4, -0.2) is 21.7 Å². The summed E-state index contributed by atoms with van der Waals surface area (Å²) in [7, 11) is 0. The van der Waals surface area contributed by atoms with Crippen LogP contribution in [-0.2, 0) is 6.42 Å². The maximum Gasteiger partial charge on any atom is 0.109 e. The fourth-order valence-electron chi connectivity index (χ4n) is 1.23. The molecule has 2 N–H and O–H groups in total. The largest absolute Gasteiger partial charge is 0.396 e. The molecule has 0 atom stereocenters. The molecule has 0 unspecified atom stereocenters. The topological polar surface area (TPSA) is 48.9 Å². The van der Waals surface area contributed by atoms with Gasteiger partial charge in [0.2, 0.25) is 0 Å². The molecule has 0 aliphatic rings. The van der Waals surface area contributed by atoms with E-state index in [1.807, 2.05) is 24.3 Å². The number of nitrogens with one attached hydrogen (secondary N) is 1. The minimum absolute atomic E-state index is 0. The Bertz CT molecular complexity index is 353. The second kappa shape index (κ2) is 4.25. The first-order valence-corrected chi connectivity index (χ1v) is 3.94. The van der Waals surface area contributed by atoms with Gasteiger partial charge < -0.3 is 10.1 Å². The van der Waals surface area contributed by atoms with Gasteiger partial charge in [-0.25, -0.2) is 4.98 Å². The van der Waals surface area contributed by atoms with Crippen LogP contribution in [0.4, 0.5) is 0 Å². The number of imidazole rings is 1. The second-order valence-electron chi connectivity index (χ2n) is 2.67. The molecule has 0 saturated heterocycles. The molecule has 1 aromatic heterocycles. The highest BCUT2D eigenvalue weighted by molar-refractivity contribution is 5.85. The van der Waals surface area contributed by atoms with Crippen LogP contribution in [0.15, 0.2) is 24.3 Å². The maximum atomic E-state index is 8.68. The van der Waals surface area contributed by atoms with Crippen LogP contribution >= 0.6 is 12.4 Å². The molecule has 0 bridgehead atoms. The molecule has 1 aromatic carbocycles. The molecule has 0 saturated carbocycles. The van der Waals surface area contributed by atoms with Gasteiger partial charge in [0.1, 0.15) is 5.82 Å². The Morgan fingerprint density at radius 1 is 1.31 bits per heavy atom. The van der Waals surface area contributed by atoms with Crippen molar-refractivity contribution in [3.05, 3.63) is 30.1 Å². The summed E-state index contributed by atoms with van der Waals surface area (Å²) in [6.45, 7) is 0.139. The van der Waals surface area contributed by atoms with Gasteiger partial charge in [0.25, 0.3) is 0 Å². The predicted molar refractivity (Wildman–Crippen MR) is 54.1 cm³/mol. The smallest absolute Gasteiger partial charge is 0.109 e. The third kappa shape index (κ3) is 1.99. The summed E-state index contributed by atoms with van der Waals surface area (Å²) in [5, 5.41) is 8.68. The van der Waals surface area contributed by atoms with Crippen LogP contribution in [0.1, 0.15) is 5.82 Å². The van der Waals surface area contributed by atoms with E-state index in [1.165, 1.54) is 0 Å². The molecule has 0 aliphatic heterocycles. The molecule has 13 heavy (non-hydrogen) atoms. The summed E-state index contributed by atoms with van der Waals surface area (Å²) in [5.41, 5.74) is 1.99. The zero-order valence-electron chi connectivity index (χ0n) is 7.03. The lowest BCUT2D eigenvalue weighted by atomic mass is 10.3. The second-order valence-corrected chi connectivity index (χ2v) is 2.67. The first kappa shape index (κ1) is 10.0. The zero-order valence-corrected chi connectivity index (χ0v) is 7.84. The molecule has 2 aromatic rings. The molecular weight excluding hydrogens is 188 g/mol. The molecule has 3 nitrogen and oxygen atoms in total. The summed E-state index contributed by atoms with van der Waals surface area (Å²) >= 11 is 0. The molecule has 0 spiro atoms. The standard InChI is InChI=1S/C9H10N2O.ClH/c12-6-5-9-10-7-3-1-2-4-8(7)11-9;/h1-4,12H,5-6H2,(H,10,11);1H. The van der Waals surface area contributed by atoms with Gasteiger partial charge in [0, 0.05) is 6.42 Å². The number of H-pyrrole nitrogens is 1. The molecule has 0 radical (unpaired) electrons. The van der Waals surface area contributed by atoms with Crippen molar-refractivity contribution in [1.29, 1.82) is 0 Å². The normalized spacial score (nSPS) is 9.92. The lowest BCUT2D eigenvalue weighted by molar-refractivity contribution is 0.297. The maximum absolute atomic E-state index is 8.68. The van der Waals surface area contributed by atoms with Crippen molar-refractivity contribution in [1.82, 2.24) is 9.97 Å². The molecule has 0 amide bonds. The number of aliphatic hydroxyl groups is 1. The fraction of sp³-hybridized carbons (Fsp3) is 0.222. The summed E-state index contributed by atoms with van der Waals surface area (Å²) in [4.78, 5) is 7.41. The minimum atomic E-state index is 0. The Balaban J connectivity index is 0.000000845. The number of rotatable bonds is 2. The summed E-state index contributed by atoms with van der Waals surface area (Å²) in [5.74, 6) is 0.846. The summed E-state index contributed by atoms with van der Waals surface area (Å²) in [6.07, 6.45) is 0.592. The van der Waals surface area contributed by atoms with Crippen LogP contribution in [0.2, 0.25) is 0 Å². The van der Waals surface area contributed by atoms with E-state index < -0.39 is 0 Å². The lowest BCUT2D eigenvalue weighted by Crippen LogP contribution is -1.91. The molecule has 2 rings (SSSR count). The van der Waals surface area contributed by atoms with Crippen LogP contribution < -0.4 is 0 Å². The van der Waals surface area contributed by atoms with Gasteiger partial charge in [0.05, 0.1) is 17.6 Å². The Kier molecular flexibility index (Phi) is 3.28. The van der Waals surface area contributed by atoms with Crippen molar-refractivity contribution in [3.8, 4) is 0 Å². The minimum Gasteiger partial charge on any atom is -0.396 e. The van der Waals surface area contributed by atoms with E-state index in [0.717, 1.165) is 16.9 Å². The van der Waals surface area contributed by atoms with E-state index in [4.69, 9.17) is 5.11 Å².